The molecular weight excluding hydrogens is 280 g/mol. The molecule has 0 aliphatic carbocycles. The molecule has 0 spiro atoms. The van der Waals surface area contributed by atoms with Crippen LogP contribution in [0.25, 0.3) is 10.8 Å². The fourth-order valence-corrected chi connectivity index (χ4v) is 2.62. The van der Waals surface area contributed by atoms with Gasteiger partial charge >= 0.3 is 5.97 Å². The van der Waals surface area contributed by atoms with Crippen molar-refractivity contribution in [1.82, 2.24) is 9.55 Å². The topological polar surface area (TPSA) is 61.2 Å². The van der Waals surface area contributed by atoms with Crippen molar-refractivity contribution in [3.05, 3.63) is 39.6 Å². The lowest BCUT2D eigenvalue weighted by molar-refractivity contribution is 0.0601. The highest BCUT2D eigenvalue weighted by atomic mass is 16.5. The SMILES string of the molecule is COC(=O)c1c(C)nc(C)c2c(=O)n(CCC(C)C)ccc12. The molecule has 0 N–H and O–H groups in total. The molecule has 0 aliphatic heterocycles. The van der Waals surface area contributed by atoms with Crippen molar-refractivity contribution < 1.29 is 9.53 Å². The van der Waals surface area contributed by atoms with Crippen LogP contribution in [-0.4, -0.2) is 22.6 Å². The van der Waals surface area contributed by atoms with Crippen molar-refractivity contribution in [3.8, 4) is 0 Å². The van der Waals surface area contributed by atoms with Crippen molar-refractivity contribution in [1.29, 1.82) is 0 Å². The monoisotopic (exact) mass is 302 g/mol. The molecule has 2 aromatic heterocycles. The Balaban J connectivity index is 2.70. The van der Waals surface area contributed by atoms with E-state index in [1.807, 2.05) is 6.07 Å². The summed E-state index contributed by atoms with van der Waals surface area (Å²) in [5.74, 6) is 0.0554. The Morgan fingerprint density at radius 3 is 2.59 bits per heavy atom. The molecule has 0 bridgehead atoms. The van der Waals surface area contributed by atoms with Crippen LogP contribution < -0.4 is 5.56 Å². The van der Waals surface area contributed by atoms with Crippen molar-refractivity contribution in [2.45, 2.75) is 40.7 Å². The van der Waals surface area contributed by atoms with E-state index < -0.39 is 5.97 Å². The first-order chi connectivity index (χ1) is 10.4. The van der Waals surface area contributed by atoms with Gasteiger partial charge in [0.1, 0.15) is 0 Å². The van der Waals surface area contributed by atoms with Gasteiger partial charge in [-0.15, -0.1) is 0 Å². The molecular formula is C17H22N2O3. The molecule has 22 heavy (non-hydrogen) atoms. The Labute approximate surface area is 129 Å². The second kappa shape index (κ2) is 6.30. The fraction of sp³-hybridized carbons (Fsp3) is 0.471. The number of pyridine rings is 2. The molecule has 2 rings (SSSR count). The molecule has 0 unspecified atom stereocenters. The Hall–Kier alpha value is -2.17. The quantitative estimate of drug-likeness (QED) is 0.815. The molecule has 0 fully saturated rings. The summed E-state index contributed by atoms with van der Waals surface area (Å²) in [6.07, 6.45) is 2.67. The summed E-state index contributed by atoms with van der Waals surface area (Å²) < 4.78 is 6.51. The predicted octanol–water partition coefficient (Wildman–Crippen LogP) is 2.85. The van der Waals surface area contributed by atoms with Gasteiger partial charge < -0.3 is 9.30 Å². The maximum absolute atomic E-state index is 12.7. The second-order valence-corrected chi connectivity index (χ2v) is 5.93. The molecule has 0 saturated heterocycles. The lowest BCUT2D eigenvalue weighted by atomic mass is 10.0. The Morgan fingerprint density at radius 1 is 1.32 bits per heavy atom. The molecule has 0 aliphatic rings. The van der Waals surface area contributed by atoms with Crippen LogP contribution in [0.4, 0.5) is 0 Å². The average Bonchev–Trinajstić information content (AvgIpc) is 2.45. The summed E-state index contributed by atoms with van der Waals surface area (Å²) in [6.45, 7) is 8.45. The van der Waals surface area contributed by atoms with E-state index in [0.717, 1.165) is 6.42 Å². The van der Waals surface area contributed by atoms with E-state index in [1.165, 1.54) is 7.11 Å². The number of rotatable bonds is 4. The molecule has 2 heterocycles. The van der Waals surface area contributed by atoms with Gasteiger partial charge in [-0.3, -0.25) is 9.78 Å². The Morgan fingerprint density at radius 2 is 2.00 bits per heavy atom. The van der Waals surface area contributed by atoms with Gasteiger partial charge in [0, 0.05) is 18.1 Å². The van der Waals surface area contributed by atoms with E-state index in [1.54, 1.807) is 24.6 Å². The molecule has 5 nitrogen and oxygen atoms in total. The lowest BCUT2D eigenvalue weighted by Gasteiger charge is -2.13. The second-order valence-electron chi connectivity index (χ2n) is 5.93. The normalized spacial score (nSPS) is 11.2. The predicted molar refractivity (Wildman–Crippen MR) is 86.3 cm³/mol. The number of carbonyl (C=O) groups is 1. The number of methoxy groups -OCH3 is 1. The maximum Gasteiger partial charge on any atom is 0.340 e. The molecule has 0 saturated carbocycles. The summed E-state index contributed by atoms with van der Waals surface area (Å²) in [6, 6.07) is 1.81. The van der Waals surface area contributed by atoms with Crippen molar-refractivity contribution in [3.63, 3.8) is 0 Å². The van der Waals surface area contributed by atoms with Crippen LogP contribution in [0.3, 0.4) is 0 Å². The highest BCUT2D eigenvalue weighted by Crippen LogP contribution is 2.21. The van der Waals surface area contributed by atoms with E-state index in [9.17, 15) is 9.59 Å². The summed E-state index contributed by atoms with van der Waals surface area (Å²) >= 11 is 0. The molecule has 2 aromatic rings. The fourth-order valence-electron chi connectivity index (χ4n) is 2.62. The lowest BCUT2D eigenvalue weighted by Crippen LogP contribution is -2.22. The number of aromatic nitrogens is 2. The van der Waals surface area contributed by atoms with Gasteiger partial charge in [0.2, 0.25) is 0 Å². The third-order valence-corrected chi connectivity index (χ3v) is 3.83. The smallest absolute Gasteiger partial charge is 0.340 e. The van der Waals surface area contributed by atoms with Gasteiger partial charge in [-0.05, 0) is 32.3 Å². The first kappa shape index (κ1) is 16.2. The van der Waals surface area contributed by atoms with Gasteiger partial charge in [-0.25, -0.2) is 4.79 Å². The number of hydrogen-bond donors (Lipinski definition) is 0. The van der Waals surface area contributed by atoms with Gasteiger partial charge in [0.05, 0.1) is 29.4 Å². The van der Waals surface area contributed by atoms with Crippen LogP contribution in [0, 0.1) is 19.8 Å². The van der Waals surface area contributed by atoms with Crippen LogP contribution in [0.1, 0.15) is 42.0 Å². The number of ether oxygens (including phenoxy) is 1. The zero-order chi connectivity index (χ0) is 16.4. The van der Waals surface area contributed by atoms with Crippen LogP contribution in [-0.2, 0) is 11.3 Å². The van der Waals surface area contributed by atoms with E-state index >= 15 is 0 Å². The maximum atomic E-state index is 12.7. The Bertz CT molecular complexity index is 776. The van der Waals surface area contributed by atoms with E-state index in [0.29, 0.717) is 40.2 Å². The van der Waals surface area contributed by atoms with Crippen molar-refractivity contribution >= 4 is 16.7 Å². The van der Waals surface area contributed by atoms with Gasteiger partial charge in [0.15, 0.2) is 0 Å². The standard InChI is InChI=1S/C17H22N2O3/c1-10(2)6-8-19-9-7-13-14(16(19)20)11(3)18-12(4)15(13)17(21)22-5/h7,9-10H,6,8H2,1-5H3. The first-order valence-electron chi connectivity index (χ1n) is 7.45. The van der Waals surface area contributed by atoms with Crippen LogP contribution >= 0.6 is 0 Å². The number of carbonyl (C=O) groups excluding carboxylic acids is 1. The third-order valence-electron chi connectivity index (χ3n) is 3.83. The number of esters is 1. The highest BCUT2D eigenvalue weighted by molar-refractivity contribution is 6.05. The minimum atomic E-state index is -0.464. The minimum Gasteiger partial charge on any atom is -0.465 e. The van der Waals surface area contributed by atoms with Crippen LogP contribution in [0.15, 0.2) is 17.1 Å². The summed E-state index contributed by atoms with van der Waals surface area (Å²) in [5.41, 5.74) is 1.49. The molecule has 5 heteroatoms. The van der Waals surface area contributed by atoms with Gasteiger partial charge in [-0.1, -0.05) is 13.8 Å². The first-order valence-corrected chi connectivity index (χ1v) is 7.45. The van der Waals surface area contributed by atoms with E-state index in [4.69, 9.17) is 4.74 Å². The number of nitrogens with zero attached hydrogens (tertiary/aromatic N) is 2. The molecule has 118 valence electrons. The summed E-state index contributed by atoms with van der Waals surface area (Å²) in [5, 5.41) is 1.11. The van der Waals surface area contributed by atoms with E-state index in [-0.39, 0.29) is 5.56 Å². The van der Waals surface area contributed by atoms with Crippen molar-refractivity contribution in [2.24, 2.45) is 5.92 Å². The summed E-state index contributed by atoms with van der Waals surface area (Å²) in [4.78, 5) is 29.1. The highest BCUT2D eigenvalue weighted by Gasteiger charge is 2.19. The molecule has 0 amide bonds. The average molecular weight is 302 g/mol. The Kier molecular flexibility index (Phi) is 4.64. The zero-order valence-electron chi connectivity index (χ0n) is 13.8. The molecule has 0 atom stereocenters. The van der Waals surface area contributed by atoms with Gasteiger partial charge in [0.25, 0.3) is 5.56 Å². The third kappa shape index (κ3) is 2.89. The molecule has 0 radical (unpaired) electrons. The van der Waals surface area contributed by atoms with E-state index in [2.05, 4.69) is 18.8 Å². The van der Waals surface area contributed by atoms with Gasteiger partial charge in [-0.2, -0.15) is 0 Å². The number of hydrogen-bond acceptors (Lipinski definition) is 4. The van der Waals surface area contributed by atoms with Crippen LogP contribution in [0.5, 0.6) is 0 Å². The minimum absolute atomic E-state index is 0.103. The zero-order valence-corrected chi connectivity index (χ0v) is 13.8. The summed E-state index contributed by atoms with van der Waals surface area (Å²) in [7, 11) is 1.33. The largest absolute Gasteiger partial charge is 0.465 e. The van der Waals surface area contributed by atoms with Crippen molar-refractivity contribution in [2.75, 3.05) is 7.11 Å². The number of aryl methyl sites for hydroxylation is 3. The number of fused-ring (bicyclic) bond motifs is 1. The van der Waals surface area contributed by atoms with Crippen LogP contribution in [0.2, 0.25) is 0 Å². The molecule has 0 aromatic carbocycles.